The number of carbonyl (C=O) groups excluding carboxylic acids is 8. The number of hydrogen-bond acceptors (Lipinski definition) is 11. The van der Waals surface area contributed by atoms with Crippen LogP contribution in [0.1, 0.15) is 36.8 Å². The summed E-state index contributed by atoms with van der Waals surface area (Å²) in [6.07, 6.45) is 1.20. The van der Waals surface area contributed by atoms with E-state index in [1.165, 1.54) is 31.4 Å². The topological polar surface area (TPSA) is 229 Å². The van der Waals surface area contributed by atoms with Crippen LogP contribution in [0.4, 0.5) is 0 Å². The quantitative estimate of drug-likeness (QED) is 0.104. The Morgan fingerprint density at radius 2 is 1.43 bits per heavy atom. The van der Waals surface area contributed by atoms with Crippen LogP contribution in [0.15, 0.2) is 60.7 Å². The summed E-state index contributed by atoms with van der Waals surface area (Å²) in [5.74, 6) is -3.76. The number of thiol groups is 1. The maximum atomic E-state index is 14.4. The Bertz CT molecular complexity index is 1740. The number of rotatable bonds is 13. The fourth-order valence-electron chi connectivity index (χ4n) is 6.59. The average Bonchev–Trinajstić information content (AvgIpc) is 3.47. The summed E-state index contributed by atoms with van der Waals surface area (Å²) in [5.41, 5.74) is 7.55. The highest BCUT2D eigenvalue weighted by Gasteiger charge is 2.37. The molecule has 2 aliphatic rings. The second-order valence-corrected chi connectivity index (χ2v) is 16.8. The van der Waals surface area contributed by atoms with Gasteiger partial charge in [-0.25, -0.2) is 0 Å². The van der Waals surface area contributed by atoms with Gasteiger partial charge in [-0.05, 0) is 30.4 Å². The fourth-order valence-corrected chi connectivity index (χ4v) is 9.29. The van der Waals surface area contributed by atoms with Gasteiger partial charge in [0.15, 0.2) is 0 Å². The molecule has 314 valence electrons. The molecule has 0 spiro atoms. The number of benzene rings is 2. The number of nitrogens with two attached hydrogens (primary N) is 1. The number of nitrogens with zero attached hydrogens (tertiary/aromatic N) is 2. The molecular weight excluding hydrogens is 805 g/mol. The lowest BCUT2D eigenvalue weighted by Crippen LogP contribution is -2.56. The van der Waals surface area contributed by atoms with Gasteiger partial charge in [-0.2, -0.15) is 12.6 Å². The Kier molecular flexibility index (Phi) is 19.2. The van der Waals surface area contributed by atoms with Crippen LogP contribution < -0.4 is 32.3 Å². The molecule has 58 heavy (non-hydrogen) atoms. The second-order valence-electron chi connectivity index (χ2n) is 13.9. The van der Waals surface area contributed by atoms with Gasteiger partial charge in [0.2, 0.25) is 47.3 Å². The van der Waals surface area contributed by atoms with E-state index in [-0.39, 0.29) is 75.9 Å². The molecule has 4 rings (SSSR count). The molecule has 2 fully saturated rings. The van der Waals surface area contributed by atoms with Crippen LogP contribution in [-0.4, -0.2) is 132 Å². The molecule has 19 heteroatoms. The monoisotopic (exact) mass is 856 g/mol. The molecule has 2 heterocycles. The van der Waals surface area contributed by atoms with E-state index in [2.05, 4.69) is 39.2 Å². The lowest BCUT2D eigenvalue weighted by molar-refractivity contribution is -0.143. The van der Waals surface area contributed by atoms with E-state index in [1.54, 1.807) is 0 Å². The van der Waals surface area contributed by atoms with Crippen LogP contribution in [0.3, 0.4) is 0 Å². The van der Waals surface area contributed by atoms with Crippen molar-refractivity contribution in [2.45, 2.75) is 56.7 Å². The summed E-state index contributed by atoms with van der Waals surface area (Å²) in [6.45, 7) is -0.898. The molecule has 0 radical (unpaired) electrons. The predicted molar refractivity (Wildman–Crippen MR) is 225 cm³/mol. The number of hydrogen-bond donors (Lipinski definition) is 7. The predicted octanol–water partition coefficient (Wildman–Crippen LogP) is -0.184. The minimum absolute atomic E-state index is 0.0125. The van der Waals surface area contributed by atoms with Gasteiger partial charge in [0.1, 0.15) is 12.1 Å². The van der Waals surface area contributed by atoms with E-state index in [1.807, 2.05) is 60.7 Å². The molecule has 0 aliphatic carbocycles. The summed E-state index contributed by atoms with van der Waals surface area (Å²) >= 11 is 3.83. The Hall–Kier alpha value is -4.75. The lowest BCUT2D eigenvalue weighted by atomic mass is 9.96. The van der Waals surface area contributed by atoms with Crippen LogP contribution in [0.2, 0.25) is 0 Å². The van der Waals surface area contributed by atoms with Crippen molar-refractivity contribution in [3.63, 3.8) is 0 Å². The molecule has 2 aliphatic heterocycles. The maximum Gasteiger partial charge on any atom is 0.243 e. The van der Waals surface area contributed by atoms with Crippen LogP contribution in [0, 0.1) is 5.92 Å². The van der Waals surface area contributed by atoms with Crippen LogP contribution in [-0.2, 0) is 51.2 Å². The lowest BCUT2D eigenvalue weighted by Gasteiger charge is -2.34. The zero-order valence-electron chi connectivity index (χ0n) is 32.2. The molecule has 2 bridgehead atoms. The van der Waals surface area contributed by atoms with Crippen molar-refractivity contribution in [3.8, 4) is 0 Å². The molecular formula is C39H52N8O8S3. The number of primary amides is 1. The van der Waals surface area contributed by atoms with Crippen molar-refractivity contribution in [1.82, 2.24) is 36.4 Å². The van der Waals surface area contributed by atoms with Crippen molar-refractivity contribution in [2.24, 2.45) is 11.7 Å². The summed E-state index contributed by atoms with van der Waals surface area (Å²) in [6, 6.07) is 16.0. The third-order valence-electron chi connectivity index (χ3n) is 9.59. The minimum atomic E-state index is -1.06. The first-order valence-electron chi connectivity index (χ1n) is 19.1. The van der Waals surface area contributed by atoms with Crippen molar-refractivity contribution in [3.05, 3.63) is 71.8 Å². The average molecular weight is 857 g/mol. The minimum Gasteiger partial charge on any atom is -0.368 e. The number of fused-ring (bicyclic) bond motifs is 2. The third kappa shape index (κ3) is 15.2. The molecule has 0 saturated carbocycles. The molecule has 0 aromatic heterocycles. The Morgan fingerprint density at radius 1 is 0.810 bits per heavy atom. The highest BCUT2D eigenvalue weighted by molar-refractivity contribution is 8.76. The first-order chi connectivity index (χ1) is 27.9. The summed E-state index contributed by atoms with van der Waals surface area (Å²) < 4.78 is 0. The highest BCUT2D eigenvalue weighted by Crippen LogP contribution is 2.33. The molecule has 2 aromatic rings. The van der Waals surface area contributed by atoms with Gasteiger partial charge in [0, 0.05) is 62.4 Å². The fraction of sp³-hybridized carbons (Fsp3) is 0.487. The summed E-state index contributed by atoms with van der Waals surface area (Å²) in [4.78, 5) is 108. The van der Waals surface area contributed by atoms with Crippen LogP contribution in [0.5, 0.6) is 0 Å². The van der Waals surface area contributed by atoms with E-state index in [9.17, 15) is 38.4 Å². The smallest absolute Gasteiger partial charge is 0.243 e. The van der Waals surface area contributed by atoms with Gasteiger partial charge in [0.05, 0.1) is 25.4 Å². The largest absolute Gasteiger partial charge is 0.368 e. The molecule has 16 nitrogen and oxygen atoms in total. The van der Waals surface area contributed by atoms with Crippen molar-refractivity contribution < 1.29 is 38.4 Å². The maximum absolute atomic E-state index is 14.4. The van der Waals surface area contributed by atoms with Gasteiger partial charge in [0.25, 0.3) is 0 Å². The van der Waals surface area contributed by atoms with Gasteiger partial charge < -0.3 is 42.1 Å². The zero-order chi connectivity index (χ0) is 41.9. The van der Waals surface area contributed by atoms with Crippen molar-refractivity contribution in [2.75, 3.05) is 56.5 Å². The first kappa shape index (κ1) is 45.9. The van der Waals surface area contributed by atoms with E-state index in [0.29, 0.717) is 17.9 Å². The second kappa shape index (κ2) is 24.2. The van der Waals surface area contributed by atoms with E-state index in [0.717, 1.165) is 11.1 Å². The van der Waals surface area contributed by atoms with Gasteiger partial charge in [-0.1, -0.05) is 82.3 Å². The Balaban J connectivity index is 1.57. The zero-order valence-corrected chi connectivity index (χ0v) is 34.7. The van der Waals surface area contributed by atoms with E-state index >= 15 is 0 Å². The molecule has 7 N–H and O–H groups in total. The number of nitrogens with one attached hydrogen (secondary N) is 5. The summed E-state index contributed by atoms with van der Waals surface area (Å²) in [5, 5.41) is 13.2. The van der Waals surface area contributed by atoms with Crippen molar-refractivity contribution >= 4 is 81.5 Å². The van der Waals surface area contributed by atoms with Crippen molar-refractivity contribution in [1.29, 1.82) is 0 Å². The Labute approximate surface area is 351 Å². The Morgan fingerprint density at radius 3 is 2.09 bits per heavy atom. The molecule has 4 atom stereocenters. The molecule has 4 unspecified atom stereocenters. The first-order valence-corrected chi connectivity index (χ1v) is 22.3. The standard InChI is InChI=1S/C39H52N8O8S3/c40-37(53)30(17-26-9-3-1-4-10-26)47-16-8-14-41-32(48)13-7-15-46(36(52)22-44-34(50)20-42-33(49)21-43-35(51)23-56)31(18-27-11-5-2-6-12-27)38(54)45-29-19-28(39(47)55)24-57-58-25-29/h1-6,9-12,28-31,56H,7-8,13-25H2,(H2,40,53)(H,41,48)(H,42,49)(H,43,51)(H,44,50)(H,45,54). The number of amides is 8. The third-order valence-corrected chi connectivity index (χ3v) is 12.4. The normalized spacial score (nSPS) is 20.3. The van der Waals surface area contributed by atoms with E-state index in [4.69, 9.17) is 5.73 Å². The van der Waals surface area contributed by atoms with Gasteiger partial charge in [-0.3, -0.25) is 38.4 Å². The van der Waals surface area contributed by atoms with Crippen LogP contribution >= 0.6 is 34.2 Å². The highest BCUT2D eigenvalue weighted by atomic mass is 33.1. The number of carbonyl (C=O) groups is 8. The van der Waals surface area contributed by atoms with Gasteiger partial charge in [-0.15, -0.1) is 0 Å². The molecule has 8 amide bonds. The molecule has 2 aromatic carbocycles. The van der Waals surface area contributed by atoms with Crippen LogP contribution in [0.25, 0.3) is 0 Å². The summed E-state index contributed by atoms with van der Waals surface area (Å²) in [7, 11) is 3.03. The molecule has 2 saturated heterocycles. The SMILES string of the molecule is NC(=O)C(Cc1ccccc1)N1CCCNC(=O)CCCN(C(=O)CNC(=O)CNC(=O)CNC(=O)CS)C(Cc2ccccc2)C(=O)NC2CSSCC(C2)C1=O. The van der Waals surface area contributed by atoms with Gasteiger partial charge >= 0.3 is 0 Å². The van der Waals surface area contributed by atoms with E-state index < -0.39 is 72.6 Å².